The first-order valence-corrected chi connectivity index (χ1v) is 7.22. The molecule has 2 aromatic rings. The van der Waals surface area contributed by atoms with Crippen LogP contribution >= 0.6 is 0 Å². The van der Waals surface area contributed by atoms with Crippen LogP contribution in [0.4, 0.5) is 18.9 Å². The van der Waals surface area contributed by atoms with Crippen LogP contribution in [0.1, 0.15) is 5.76 Å². The van der Waals surface area contributed by atoms with E-state index in [1.165, 1.54) is 6.07 Å². The van der Waals surface area contributed by atoms with Gasteiger partial charge in [0.05, 0.1) is 12.2 Å². The van der Waals surface area contributed by atoms with Gasteiger partial charge in [-0.25, -0.2) is 13.2 Å². The van der Waals surface area contributed by atoms with E-state index >= 15 is 0 Å². The van der Waals surface area contributed by atoms with Gasteiger partial charge in [0.2, 0.25) is 5.09 Å². The topological polar surface area (TPSA) is 71.3 Å². The summed E-state index contributed by atoms with van der Waals surface area (Å²) in [5.74, 6) is -3.77. The summed E-state index contributed by atoms with van der Waals surface area (Å²) in [6, 6.07) is 3.41. The zero-order valence-electron chi connectivity index (χ0n) is 10.8. The third-order valence-corrected chi connectivity index (χ3v) is 3.73. The fraction of sp³-hybridized carbons (Fsp3) is 0.167. The highest BCUT2D eigenvalue weighted by Crippen LogP contribution is 2.23. The molecule has 1 aromatic carbocycles. The summed E-state index contributed by atoms with van der Waals surface area (Å²) >= 11 is 0. The van der Waals surface area contributed by atoms with Crippen LogP contribution in [0.3, 0.4) is 0 Å². The molecule has 0 fully saturated rings. The molecule has 21 heavy (non-hydrogen) atoms. The summed E-state index contributed by atoms with van der Waals surface area (Å²) < 4.78 is 70.2. The molecule has 0 radical (unpaired) electrons. The summed E-state index contributed by atoms with van der Waals surface area (Å²) in [6.45, 7) is 0.290. The molecule has 2 rings (SSSR count). The van der Waals surface area contributed by atoms with Crippen LogP contribution in [0.5, 0.6) is 0 Å². The maximum absolute atomic E-state index is 13.4. The Balaban J connectivity index is 2.33. The Morgan fingerprint density at radius 2 is 1.90 bits per heavy atom. The molecule has 1 aromatic heterocycles. The smallest absolute Gasteiger partial charge is 0.295 e. The summed E-state index contributed by atoms with van der Waals surface area (Å²) in [7, 11) is -2.65. The Morgan fingerprint density at radius 3 is 2.57 bits per heavy atom. The van der Waals surface area contributed by atoms with Crippen molar-refractivity contribution in [1.29, 1.82) is 0 Å². The zero-order valence-corrected chi connectivity index (χ0v) is 11.6. The highest BCUT2D eigenvalue weighted by Gasteiger charge is 2.22. The molecule has 5 nitrogen and oxygen atoms in total. The van der Waals surface area contributed by atoms with Crippen LogP contribution in [0.15, 0.2) is 33.8 Å². The lowest BCUT2D eigenvalue weighted by molar-refractivity contribution is 0.408. The minimum absolute atomic E-state index is 0.290. The lowest BCUT2D eigenvalue weighted by Gasteiger charge is -2.07. The lowest BCUT2D eigenvalue weighted by atomic mass is 10.3. The molecule has 114 valence electrons. The number of hydrogen-bond donors (Lipinski definition) is 2. The van der Waals surface area contributed by atoms with E-state index in [1.807, 2.05) is 0 Å². The monoisotopic (exact) mass is 320 g/mol. The lowest BCUT2D eigenvalue weighted by Crippen LogP contribution is -2.14. The highest BCUT2D eigenvalue weighted by molar-refractivity contribution is 7.92. The van der Waals surface area contributed by atoms with Crippen LogP contribution in [0.2, 0.25) is 0 Å². The molecular formula is C12H11F3N2O3S. The molecule has 0 spiro atoms. The zero-order chi connectivity index (χ0) is 15.6. The van der Waals surface area contributed by atoms with Crippen LogP contribution in [-0.4, -0.2) is 15.5 Å². The predicted octanol–water partition coefficient (Wildman–Crippen LogP) is 2.22. The quantitative estimate of drug-likeness (QED) is 0.829. The SMILES string of the molecule is CNCc1ccc(S(=O)(=O)Nc2cc(F)cc(F)c2F)o1. The fourth-order valence-corrected chi connectivity index (χ4v) is 2.60. The van der Waals surface area contributed by atoms with Crippen LogP contribution in [0, 0.1) is 17.5 Å². The van der Waals surface area contributed by atoms with Crippen molar-refractivity contribution in [2.75, 3.05) is 11.8 Å². The molecule has 2 N–H and O–H groups in total. The van der Waals surface area contributed by atoms with E-state index in [2.05, 4.69) is 5.32 Å². The maximum Gasteiger partial charge on any atom is 0.295 e. The number of nitrogens with one attached hydrogen (secondary N) is 2. The predicted molar refractivity (Wildman–Crippen MR) is 68.6 cm³/mol. The van der Waals surface area contributed by atoms with Gasteiger partial charge < -0.3 is 9.73 Å². The third kappa shape index (κ3) is 3.37. The van der Waals surface area contributed by atoms with Crippen molar-refractivity contribution in [2.45, 2.75) is 11.6 Å². The Labute approximate surface area is 118 Å². The second kappa shape index (κ2) is 5.78. The minimum atomic E-state index is -4.28. The van der Waals surface area contributed by atoms with Crippen molar-refractivity contribution < 1.29 is 26.0 Å². The molecule has 0 unspecified atom stereocenters. The van der Waals surface area contributed by atoms with Crippen molar-refractivity contribution in [1.82, 2.24) is 5.32 Å². The number of benzene rings is 1. The number of anilines is 1. The van der Waals surface area contributed by atoms with E-state index in [0.29, 0.717) is 24.4 Å². The largest absolute Gasteiger partial charge is 0.446 e. The van der Waals surface area contributed by atoms with E-state index in [9.17, 15) is 21.6 Å². The number of sulfonamides is 1. The average molecular weight is 320 g/mol. The molecule has 9 heteroatoms. The number of furan rings is 1. The molecule has 0 aliphatic rings. The standard InChI is InChI=1S/C12H11F3N2O3S/c1-16-6-8-2-3-11(20-8)21(18,19)17-10-5-7(13)4-9(14)12(10)15/h2-5,16-17H,6H2,1H3. The molecule has 0 aliphatic carbocycles. The second-order valence-corrected chi connectivity index (χ2v) is 5.72. The molecule has 0 aliphatic heterocycles. The van der Waals surface area contributed by atoms with E-state index < -0.39 is 38.3 Å². The van der Waals surface area contributed by atoms with E-state index in [-0.39, 0.29) is 0 Å². The van der Waals surface area contributed by atoms with Crippen molar-refractivity contribution in [3.05, 3.63) is 47.5 Å². The van der Waals surface area contributed by atoms with Gasteiger partial charge in [-0.1, -0.05) is 0 Å². The Bertz CT molecular complexity index is 759. The highest BCUT2D eigenvalue weighted by atomic mass is 32.2. The Hall–Kier alpha value is -2.00. The van der Waals surface area contributed by atoms with Gasteiger partial charge in [-0.2, -0.15) is 8.42 Å². The summed E-state index contributed by atoms with van der Waals surface area (Å²) in [5, 5.41) is 2.27. The average Bonchev–Trinajstić information content (AvgIpc) is 2.85. The second-order valence-electron chi connectivity index (χ2n) is 4.11. The Morgan fingerprint density at radius 1 is 1.19 bits per heavy atom. The molecule has 0 saturated carbocycles. The van der Waals surface area contributed by atoms with Gasteiger partial charge in [0.25, 0.3) is 10.0 Å². The molecule has 1 heterocycles. The molecule has 0 amide bonds. The van der Waals surface area contributed by atoms with Gasteiger partial charge in [0, 0.05) is 12.1 Å². The summed E-state index contributed by atoms with van der Waals surface area (Å²) in [6.07, 6.45) is 0. The van der Waals surface area contributed by atoms with Crippen LogP contribution in [0.25, 0.3) is 0 Å². The number of rotatable bonds is 5. The molecular weight excluding hydrogens is 309 g/mol. The van der Waals surface area contributed by atoms with E-state index in [4.69, 9.17) is 4.42 Å². The summed E-state index contributed by atoms with van der Waals surface area (Å²) in [5.41, 5.74) is -0.834. The summed E-state index contributed by atoms with van der Waals surface area (Å²) in [4.78, 5) is 0. The Kier molecular flexibility index (Phi) is 4.24. The third-order valence-electron chi connectivity index (χ3n) is 2.49. The van der Waals surface area contributed by atoms with Crippen molar-refractivity contribution in [3.63, 3.8) is 0 Å². The van der Waals surface area contributed by atoms with Crippen molar-refractivity contribution in [3.8, 4) is 0 Å². The van der Waals surface area contributed by atoms with Crippen LogP contribution in [-0.2, 0) is 16.6 Å². The maximum atomic E-state index is 13.4. The van der Waals surface area contributed by atoms with Gasteiger partial charge in [-0.3, -0.25) is 4.72 Å². The van der Waals surface area contributed by atoms with Crippen LogP contribution < -0.4 is 10.0 Å². The molecule has 0 saturated heterocycles. The number of halogens is 3. The van der Waals surface area contributed by atoms with Gasteiger partial charge in [0.1, 0.15) is 11.6 Å². The molecule has 0 bridgehead atoms. The molecule has 0 atom stereocenters. The first-order chi connectivity index (χ1) is 9.83. The first-order valence-electron chi connectivity index (χ1n) is 5.74. The van der Waals surface area contributed by atoms with Crippen molar-refractivity contribution >= 4 is 15.7 Å². The number of hydrogen-bond acceptors (Lipinski definition) is 4. The normalized spacial score (nSPS) is 11.6. The van der Waals surface area contributed by atoms with Gasteiger partial charge in [-0.05, 0) is 19.2 Å². The van der Waals surface area contributed by atoms with E-state index in [1.54, 1.807) is 11.8 Å². The van der Waals surface area contributed by atoms with Crippen molar-refractivity contribution in [2.24, 2.45) is 0 Å². The minimum Gasteiger partial charge on any atom is -0.446 e. The van der Waals surface area contributed by atoms with Gasteiger partial charge in [-0.15, -0.1) is 0 Å². The van der Waals surface area contributed by atoms with Gasteiger partial charge >= 0.3 is 0 Å². The fourth-order valence-electron chi connectivity index (χ4n) is 1.60. The van der Waals surface area contributed by atoms with E-state index in [0.717, 1.165) is 6.07 Å². The first kappa shape index (κ1) is 15.4. The van der Waals surface area contributed by atoms with Gasteiger partial charge in [0.15, 0.2) is 11.6 Å².